The monoisotopic (exact) mass is 264 g/mol. The highest BCUT2D eigenvalue weighted by molar-refractivity contribution is 7.89. The van der Waals surface area contributed by atoms with E-state index in [2.05, 4.69) is 10.2 Å². The van der Waals surface area contributed by atoms with Crippen molar-refractivity contribution in [2.75, 3.05) is 18.8 Å². The van der Waals surface area contributed by atoms with E-state index in [9.17, 15) is 13.2 Å². The van der Waals surface area contributed by atoms with Crippen molar-refractivity contribution in [1.29, 1.82) is 0 Å². The zero-order valence-electron chi connectivity index (χ0n) is 10.2. The van der Waals surface area contributed by atoms with Crippen molar-refractivity contribution in [3.8, 4) is 0 Å². The summed E-state index contributed by atoms with van der Waals surface area (Å²) in [4.78, 5) is 16.7. The summed E-state index contributed by atoms with van der Waals surface area (Å²) in [5.74, 6) is -0.205. The molecule has 100 valence electrons. The predicted octanol–water partition coefficient (Wildman–Crippen LogP) is 0.0196. The highest BCUT2D eigenvalue weighted by Gasteiger charge is 2.25. The van der Waals surface area contributed by atoms with E-state index >= 15 is 0 Å². The summed E-state index contributed by atoms with van der Waals surface area (Å²) in [6, 6.07) is 0. The Balaban J connectivity index is 2.42. The minimum atomic E-state index is -3.54. The van der Waals surface area contributed by atoms with Crippen molar-refractivity contribution >= 4 is 16.0 Å². The number of hydrogen-bond donors (Lipinski definition) is 2. The molecular formula is C10H20N2O4S. The van der Waals surface area contributed by atoms with Crippen LogP contribution in [0, 0.1) is 11.8 Å². The van der Waals surface area contributed by atoms with Crippen LogP contribution in [-0.4, -0.2) is 33.2 Å². The molecule has 0 aromatic heterocycles. The predicted molar refractivity (Wildman–Crippen MR) is 63.4 cm³/mol. The third-order valence-corrected chi connectivity index (χ3v) is 4.29. The molecule has 6 nitrogen and oxygen atoms in total. The zero-order valence-corrected chi connectivity index (χ0v) is 11.0. The van der Waals surface area contributed by atoms with Crippen molar-refractivity contribution in [2.45, 2.75) is 26.7 Å². The smallest absolute Gasteiger partial charge is 0.323 e. The third-order valence-electron chi connectivity index (χ3n) is 2.98. The van der Waals surface area contributed by atoms with Gasteiger partial charge >= 0.3 is 5.97 Å². The summed E-state index contributed by atoms with van der Waals surface area (Å²) in [6.07, 6.45) is 1.98. The number of carbonyl (C=O) groups is 1. The van der Waals surface area contributed by atoms with Crippen LogP contribution in [0.25, 0.3) is 0 Å². The van der Waals surface area contributed by atoms with Crippen molar-refractivity contribution in [3.63, 3.8) is 0 Å². The molecule has 0 bridgehead atoms. The van der Waals surface area contributed by atoms with Crippen LogP contribution in [0.2, 0.25) is 0 Å². The molecule has 0 radical (unpaired) electrons. The van der Waals surface area contributed by atoms with Crippen LogP contribution in [0.4, 0.5) is 0 Å². The molecule has 1 saturated heterocycles. The van der Waals surface area contributed by atoms with Crippen LogP contribution < -0.4 is 10.2 Å². The summed E-state index contributed by atoms with van der Waals surface area (Å²) in [7, 11) is -3.54. The van der Waals surface area contributed by atoms with Gasteiger partial charge in [0, 0.05) is 6.92 Å². The fourth-order valence-electron chi connectivity index (χ4n) is 2.05. The van der Waals surface area contributed by atoms with Crippen molar-refractivity contribution in [1.82, 2.24) is 10.2 Å². The molecule has 1 unspecified atom stereocenters. The molecule has 1 fully saturated rings. The van der Waals surface area contributed by atoms with E-state index in [4.69, 9.17) is 0 Å². The molecule has 0 aliphatic carbocycles. The van der Waals surface area contributed by atoms with E-state index in [1.165, 1.54) is 0 Å². The van der Waals surface area contributed by atoms with Gasteiger partial charge in [0.1, 0.15) is 0 Å². The Morgan fingerprint density at radius 2 is 2.06 bits per heavy atom. The molecule has 0 aromatic rings. The average Bonchev–Trinajstić information content (AvgIpc) is 2.27. The van der Waals surface area contributed by atoms with Gasteiger partial charge in [-0.05, 0) is 42.7 Å². The Hall–Kier alpha value is -0.660. The Kier molecular flexibility index (Phi) is 5.35. The Bertz CT molecular complexity index is 349. The first-order valence-corrected chi connectivity index (χ1v) is 7.43. The van der Waals surface area contributed by atoms with E-state index in [-0.39, 0.29) is 11.7 Å². The third kappa shape index (κ3) is 5.47. The number of sulfonamides is 1. The zero-order chi connectivity index (χ0) is 12.9. The van der Waals surface area contributed by atoms with E-state index in [0.717, 1.165) is 32.9 Å². The molecule has 0 saturated carbocycles. The summed E-state index contributed by atoms with van der Waals surface area (Å²) in [6.45, 7) is 4.95. The van der Waals surface area contributed by atoms with E-state index in [1.807, 2.05) is 11.8 Å². The first kappa shape index (κ1) is 14.4. The minimum absolute atomic E-state index is 0.00898. The Labute approximate surface area is 102 Å². The van der Waals surface area contributed by atoms with Gasteiger partial charge in [-0.3, -0.25) is 4.79 Å². The van der Waals surface area contributed by atoms with Gasteiger partial charge in [0.05, 0.1) is 5.75 Å². The summed E-state index contributed by atoms with van der Waals surface area (Å²) < 4.78 is 23.2. The highest BCUT2D eigenvalue weighted by Crippen LogP contribution is 2.22. The number of nitrogens with one attached hydrogen (secondary N) is 2. The Morgan fingerprint density at radius 1 is 1.47 bits per heavy atom. The summed E-state index contributed by atoms with van der Waals surface area (Å²) >= 11 is 0. The van der Waals surface area contributed by atoms with Gasteiger partial charge in [0.25, 0.3) is 0 Å². The van der Waals surface area contributed by atoms with Crippen LogP contribution in [0.15, 0.2) is 0 Å². The maximum absolute atomic E-state index is 11.6. The van der Waals surface area contributed by atoms with Gasteiger partial charge in [0.15, 0.2) is 0 Å². The first-order chi connectivity index (χ1) is 7.91. The molecule has 1 heterocycles. The van der Waals surface area contributed by atoms with Gasteiger partial charge < -0.3 is 10.2 Å². The lowest BCUT2D eigenvalue weighted by molar-refractivity contribution is -0.144. The lowest BCUT2D eigenvalue weighted by Crippen LogP contribution is -2.36. The van der Waals surface area contributed by atoms with Crippen molar-refractivity contribution in [2.24, 2.45) is 11.8 Å². The van der Waals surface area contributed by atoms with Gasteiger partial charge in [0.2, 0.25) is 10.0 Å². The van der Waals surface area contributed by atoms with Gasteiger partial charge in [-0.2, -0.15) is 0 Å². The number of rotatable bonds is 5. The van der Waals surface area contributed by atoms with E-state index in [1.54, 1.807) is 0 Å². The lowest BCUT2D eigenvalue weighted by atomic mass is 9.87. The van der Waals surface area contributed by atoms with Crippen LogP contribution in [0.1, 0.15) is 26.7 Å². The standard InChI is InChI=1S/C10H20N2O4S/c1-8(10-3-5-11-6-4-10)7-17(14,15)12-16-9(2)13/h8,10-12H,3-7H2,1-2H3. The molecule has 17 heavy (non-hydrogen) atoms. The second-order valence-corrected chi connectivity index (χ2v) is 6.25. The summed E-state index contributed by atoms with van der Waals surface area (Å²) in [5, 5.41) is 3.24. The quantitative estimate of drug-likeness (QED) is 0.684. The molecule has 1 rings (SSSR count). The maximum Gasteiger partial charge on any atom is 0.323 e. The van der Waals surface area contributed by atoms with Crippen LogP contribution in [0.5, 0.6) is 0 Å². The van der Waals surface area contributed by atoms with Crippen LogP contribution >= 0.6 is 0 Å². The van der Waals surface area contributed by atoms with Crippen molar-refractivity contribution in [3.05, 3.63) is 0 Å². The number of carbonyl (C=O) groups excluding carboxylic acids is 1. The highest BCUT2D eigenvalue weighted by atomic mass is 32.2. The van der Waals surface area contributed by atoms with Crippen molar-refractivity contribution < 1.29 is 18.0 Å². The maximum atomic E-state index is 11.6. The number of hydrogen-bond acceptors (Lipinski definition) is 5. The fraction of sp³-hybridized carbons (Fsp3) is 0.900. The summed E-state index contributed by atoms with van der Waals surface area (Å²) in [5.41, 5.74) is 0. The van der Waals surface area contributed by atoms with Crippen LogP contribution in [-0.2, 0) is 19.7 Å². The minimum Gasteiger partial charge on any atom is -0.356 e. The van der Waals surface area contributed by atoms with Gasteiger partial charge in [-0.1, -0.05) is 6.92 Å². The largest absolute Gasteiger partial charge is 0.356 e. The van der Waals surface area contributed by atoms with Gasteiger partial charge in [-0.15, -0.1) is 0 Å². The average molecular weight is 264 g/mol. The second-order valence-electron chi connectivity index (χ2n) is 4.52. The second kappa shape index (κ2) is 6.32. The van der Waals surface area contributed by atoms with E-state index in [0.29, 0.717) is 5.92 Å². The van der Waals surface area contributed by atoms with Crippen LogP contribution in [0.3, 0.4) is 0 Å². The first-order valence-electron chi connectivity index (χ1n) is 5.78. The molecule has 0 amide bonds. The lowest BCUT2D eigenvalue weighted by Gasteiger charge is -2.27. The van der Waals surface area contributed by atoms with E-state index < -0.39 is 16.0 Å². The molecule has 0 spiro atoms. The molecular weight excluding hydrogens is 244 g/mol. The molecule has 7 heteroatoms. The number of piperidine rings is 1. The molecule has 0 aromatic carbocycles. The fourth-order valence-corrected chi connectivity index (χ4v) is 3.33. The SMILES string of the molecule is CC(=O)ONS(=O)(=O)CC(C)C1CCNCC1. The molecule has 2 N–H and O–H groups in total. The molecule has 1 aliphatic rings. The topological polar surface area (TPSA) is 84.5 Å². The molecule has 1 aliphatic heterocycles. The molecule has 1 atom stereocenters. The normalized spacial score (nSPS) is 19.9. The Morgan fingerprint density at radius 3 is 2.59 bits per heavy atom. The van der Waals surface area contributed by atoms with Gasteiger partial charge in [-0.25, -0.2) is 8.42 Å².